The maximum absolute atomic E-state index is 9.97. The van der Waals surface area contributed by atoms with Gasteiger partial charge < -0.3 is 15.3 Å². The first kappa shape index (κ1) is 12.6. The van der Waals surface area contributed by atoms with Gasteiger partial charge in [-0.3, -0.25) is 0 Å². The molecule has 1 N–H and O–H groups in total. The van der Waals surface area contributed by atoms with Gasteiger partial charge in [-0.05, 0) is 24.3 Å². The molecule has 12 heavy (non-hydrogen) atoms. The van der Waals surface area contributed by atoms with Crippen LogP contribution in [0.15, 0.2) is 24.3 Å². The fourth-order valence-corrected chi connectivity index (χ4v) is 0.849. The molecule has 0 bridgehead atoms. The van der Waals surface area contributed by atoms with Crippen LogP contribution < -0.4 is 55.6 Å². The van der Waals surface area contributed by atoms with Crippen molar-refractivity contribution in [2.45, 2.75) is 0 Å². The molecule has 0 aliphatic heterocycles. The Morgan fingerprint density at radius 1 is 1.42 bits per heavy atom. The number of phenolic OH excluding ortho intramolecular Hbond substituents is 1. The van der Waals surface area contributed by atoms with Gasteiger partial charge in [0.15, 0.2) is 0 Å². The molecule has 1 unspecified atom stereocenters. The van der Waals surface area contributed by atoms with Crippen molar-refractivity contribution in [2.75, 3.05) is 0 Å². The number of hydrogen-bond donors (Lipinski definition) is 1. The first-order valence-electron chi connectivity index (χ1n) is 2.75. The van der Waals surface area contributed by atoms with Crippen LogP contribution in [-0.2, 0) is 11.4 Å². The van der Waals surface area contributed by atoms with Gasteiger partial charge >= 0.3 is 51.4 Å². The topological polar surface area (TPSA) is 69.6 Å². The average Bonchev–Trinajstić information content (AvgIpc) is 1.93. The van der Waals surface area contributed by atoms with Gasteiger partial charge in [-0.15, -0.1) is 0 Å². The Kier molecular flexibility index (Phi) is 6.37. The van der Waals surface area contributed by atoms with Crippen LogP contribution in [0, 0.1) is 0 Å². The Balaban J connectivity index is 0. The molecule has 0 aliphatic rings. The molecule has 1 aromatic rings. The molecule has 4 nitrogen and oxygen atoms in total. The van der Waals surface area contributed by atoms with Crippen molar-refractivity contribution in [1.29, 1.82) is 0 Å². The van der Waals surface area contributed by atoms with E-state index in [1.54, 1.807) is 0 Å². The summed E-state index contributed by atoms with van der Waals surface area (Å²) in [5, 5.41) is 8.78. The quantitative estimate of drug-likeness (QED) is 0.442. The predicted molar refractivity (Wildman–Crippen MR) is 38.8 cm³/mol. The molecule has 0 fully saturated rings. The number of aromatic hydroxyl groups is 1. The van der Waals surface area contributed by atoms with E-state index in [0.717, 1.165) is 0 Å². The van der Waals surface area contributed by atoms with Gasteiger partial charge in [0, 0.05) is 0 Å². The Morgan fingerprint density at radius 2 is 1.92 bits per heavy atom. The molecular weight excluding hydrogens is 207 g/mol. The van der Waals surface area contributed by atoms with Crippen molar-refractivity contribution in [2.24, 2.45) is 0 Å². The Hall–Kier alpha value is 0.566. The summed E-state index contributed by atoms with van der Waals surface area (Å²) in [6.45, 7) is 0. The van der Waals surface area contributed by atoms with Crippen molar-refractivity contribution in [3.8, 4) is 11.5 Å². The Bertz CT molecular complexity index is 266. The Labute approximate surface area is 116 Å². The van der Waals surface area contributed by atoms with Crippen LogP contribution >= 0.6 is 0 Å². The third-order valence-corrected chi connectivity index (χ3v) is 1.33. The first-order chi connectivity index (χ1) is 5.18. The summed E-state index contributed by atoms with van der Waals surface area (Å²) < 4.78 is 24.2. The fourth-order valence-electron chi connectivity index (χ4n) is 0.580. The largest absolute Gasteiger partial charge is 1.00 e. The van der Waals surface area contributed by atoms with Crippen LogP contribution in [0.2, 0.25) is 0 Å². The summed E-state index contributed by atoms with van der Waals surface area (Å²) in [7, 11) is 0. The SMILES string of the molecule is O=S([O-])Oc1ccc(O)cc1.[H-].[K+]. The van der Waals surface area contributed by atoms with Gasteiger partial charge in [0.25, 0.3) is 0 Å². The third kappa shape index (κ3) is 4.56. The summed E-state index contributed by atoms with van der Waals surface area (Å²) in [4.78, 5) is 0. The van der Waals surface area contributed by atoms with E-state index in [0.29, 0.717) is 0 Å². The van der Waals surface area contributed by atoms with E-state index in [9.17, 15) is 8.76 Å². The summed E-state index contributed by atoms with van der Waals surface area (Å²) >= 11 is -2.55. The molecule has 0 aliphatic carbocycles. The van der Waals surface area contributed by atoms with E-state index in [1.807, 2.05) is 0 Å². The van der Waals surface area contributed by atoms with Crippen LogP contribution in [0.5, 0.6) is 11.5 Å². The van der Waals surface area contributed by atoms with Crippen molar-refractivity contribution < 1.29 is 70.9 Å². The van der Waals surface area contributed by atoms with E-state index < -0.39 is 11.4 Å². The zero-order valence-electron chi connectivity index (χ0n) is 7.39. The molecule has 6 heteroatoms. The monoisotopic (exact) mass is 213 g/mol. The maximum atomic E-state index is 9.97. The van der Waals surface area contributed by atoms with Crippen LogP contribution in [0.3, 0.4) is 0 Å². The predicted octanol–water partition coefficient (Wildman–Crippen LogP) is -2.32. The molecule has 1 rings (SSSR count). The van der Waals surface area contributed by atoms with Crippen LogP contribution in [-0.4, -0.2) is 13.9 Å². The average molecular weight is 213 g/mol. The Morgan fingerprint density at radius 3 is 2.33 bits per heavy atom. The fraction of sp³-hybridized carbons (Fsp3) is 0. The molecule has 0 saturated heterocycles. The van der Waals surface area contributed by atoms with Crippen molar-refractivity contribution in [1.82, 2.24) is 0 Å². The molecule has 62 valence electrons. The molecule has 1 atom stereocenters. The number of benzene rings is 1. The maximum Gasteiger partial charge on any atom is 1.00 e. The second-order valence-corrected chi connectivity index (χ2v) is 2.36. The van der Waals surface area contributed by atoms with Gasteiger partial charge in [0.1, 0.15) is 22.9 Å². The number of rotatable bonds is 2. The van der Waals surface area contributed by atoms with Gasteiger partial charge in [-0.1, -0.05) is 0 Å². The van der Waals surface area contributed by atoms with E-state index in [2.05, 4.69) is 4.18 Å². The molecule has 1 aromatic carbocycles. The summed E-state index contributed by atoms with van der Waals surface area (Å²) in [6, 6.07) is 5.38. The summed E-state index contributed by atoms with van der Waals surface area (Å²) in [6.07, 6.45) is 0. The van der Waals surface area contributed by atoms with Crippen molar-refractivity contribution in [3.05, 3.63) is 24.3 Å². The molecule has 0 saturated carbocycles. The van der Waals surface area contributed by atoms with E-state index >= 15 is 0 Å². The summed E-state index contributed by atoms with van der Waals surface area (Å²) in [5.41, 5.74) is 0. The minimum absolute atomic E-state index is 0. The minimum atomic E-state index is -2.55. The van der Waals surface area contributed by atoms with Crippen LogP contribution in [0.25, 0.3) is 0 Å². The zero-order valence-corrected chi connectivity index (χ0v) is 10.3. The van der Waals surface area contributed by atoms with E-state index in [-0.39, 0.29) is 64.3 Å². The minimum Gasteiger partial charge on any atom is -1.00 e. The second kappa shape index (κ2) is 6.09. The zero-order chi connectivity index (χ0) is 8.27. The standard InChI is InChI=1S/C6H6O4S.K.H/c7-5-1-3-6(4-2-5)10-11(8)9;;/h1-4,7H,(H,8,9);;/q;+1;-1/p-1. The summed E-state index contributed by atoms with van der Waals surface area (Å²) in [5.74, 6) is 0.241. The molecule has 0 amide bonds. The van der Waals surface area contributed by atoms with Gasteiger partial charge in [-0.2, -0.15) is 0 Å². The number of hydrogen-bond acceptors (Lipinski definition) is 4. The second-order valence-electron chi connectivity index (χ2n) is 1.78. The van der Waals surface area contributed by atoms with Crippen LogP contribution in [0.1, 0.15) is 1.43 Å². The van der Waals surface area contributed by atoms with Gasteiger partial charge in [0.05, 0.1) is 0 Å². The first-order valence-corrected chi connectivity index (χ1v) is 3.75. The molecule has 0 radical (unpaired) electrons. The van der Waals surface area contributed by atoms with Gasteiger partial charge in [-0.25, -0.2) is 4.21 Å². The molecular formula is C6H6KO4S-. The smallest absolute Gasteiger partial charge is 1.00 e. The van der Waals surface area contributed by atoms with Crippen molar-refractivity contribution in [3.63, 3.8) is 0 Å². The van der Waals surface area contributed by atoms with E-state index in [1.165, 1.54) is 24.3 Å². The van der Waals surface area contributed by atoms with Crippen LogP contribution in [0.4, 0.5) is 0 Å². The van der Waals surface area contributed by atoms with Gasteiger partial charge in [0.2, 0.25) is 0 Å². The molecule has 0 aromatic heterocycles. The third-order valence-electron chi connectivity index (χ3n) is 1.00. The normalized spacial score (nSPS) is 11.4. The van der Waals surface area contributed by atoms with E-state index in [4.69, 9.17) is 5.11 Å². The molecule has 0 spiro atoms. The molecule has 0 heterocycles. The van der Waals surface area contributed by atoms with Crippen molar-refractivity contribution >= 4 is 11.4 Å². The number of phenols is 1.